The molecular formula is C20H26N4O2S. The number of amides is 2. The highest BCUT2D eigenvalue weighted by atomic mass is 32.1. The summed E-state index contributed by atoms with van der Waals surface area (Å²) in [6.45, 7) is 5.90. The third kappa shape index (κ3) is 6.08. The van der Waals surface area contributed by atoms with E-state index in [2.05, 4.69) is 44.7 Å². The topological polar surface area (TPSA) is 64.7 Å². The second-order valence-corrected chi connectivity index (χ2v) is 7.37. The van der Waals surface area contributed by atoms with Gasteiger partial charge in [0.2, 0.25) is 0 Å². The van der Waals surface area contributed by atoms with E-state index in [1.165, 1.54) is 5.69 Å². The van der Waals surface area contributed by atoms with E-state index in [1.54, 1.807) is 11.3 Å². The van der Waals surface area contributed by atoms with Gasteiger partial charge in [-0.1, -0.05) is 18.2 Å². The number of nitrogens with zero attached hydrogens (tertiary/aromatic N) is 2. The summed E-state index contributed by atoms with van der Waals surface area (Å²) in [5.41, 5.74) is 2.29. The second kappa shape index (κ2) is 10.1. The minimum absolute atomic E-state index is 0.390. The molecule has 7 heteroatoms. The van der Waals surface area contributed by atoms with Gasteiger partial charge in [0.25, 0.3) is 0 Å². The molecule has 1 aliphatic rings. The lowest BCUT2D eigenvalue weighted by Crippen LogP contribution is -2.47. The molecule has 1 aromatic heterocycles. The van der Waals surface area contributed by atoms with E-state index in [1.807, 2.05) is 22.9 Å². The number of hydrogen-bond donors (Lipinski definition) is 2. The van der Waals surface area contributed by atoms with E-state index < -0.39 is 11.8 Å². The molecule has 1 fully saturated rings. The van der Waals surface area contributed by atoms with Crippen molar-refractivity contribution < 1.29 is 9.59 Å². The van der Waals surface area contributed by atoms with Gasteiger partial charge in [0.1, 0.15) is 0 Å². The van der Waals surface area contributed by atoms with Crippen molar-refractivity contribution in [2.45, 2.75) is 13.0 Å². The molecule has 3 rings (SSSR count). The Kier molecular flexibility index (Phi) is 7.24. The summed E-state index contributed by atoms with van der Waals surface area (Å²) >= 11 is 1.57. The molecule has 2 heterocycles. The van der Waals surface area contributed by atoms with Crippen LogP contribution in [-0.4, -0.2) is 56.0 Å². The van der Waals surface area contributed by atoms with E-state index in [-0.39, 0.29) is 0 Å². The van der Waals surface area contributed by atoms with Gasteiger partial charge in [0.15, 0.2) is 0 Å². The first kappa shape index (κ1) is 19.4. The number of hydrogen-bond acceptors (Lipinski definition) is 5. The molecule has 2 aromatic rings. The van der Waals surface area contributed by atoms with Crippen LogP contribution in [0.15, 0.2) is 47.2 Å². The van der Waals surface area contributed by atoms with Crippen LogP contribution in [0.4, 0.5) is 5.69 Å². The van der Waals surface area contributed by atoms with E-state index in [0.29, 0.717) is 13.1 Å². The largest absolute Gasteiger partial charge is 0.369 e. The van der Waals surface area contributed by atoms with E-state index >= 15 is 0 Å². The highest BCUT2D eigenvalue weighted by molar-refractivity contribution is 7.07. The molecule has 0 bridgehead atoms. The zero-order valence-electron chi connectivity index (χ0n) is 15.4. The molecule has 2 amide bonds. The molecule has 0 atom stereocenters. The number of anilines is 1. The Morgan fingerprint density at radius 2 is 1.70 bits per heavy atom. The summed E-state index contributed by atoms with van der Waals surface area (Å²) in [5, 5.41) is 9.24. The average molecular weight is 387 g/mol. The molecule has 1 aromatic carbocycles. The minimum Gasteiger partial charge on any atom is -0.369 e. The van der Waals surface area contributed by atoms with Crippen LogP contribution in [0.3, 0.4) is 0 Å². The number of rotatable bonds is 7. The second-order valence-electron chi connectivity index (χ2n) is 6.59. The van der Waals surface area contributed by atoms with Crippen molar-refractivity contribution in [2.75, 3.05) is 44.2 Å². The Morgan fingerprint density at radius 3 is 2.41 bits per heavy atom. The number of benzene rings is 1. The van der Waals surface area contributed by atoms with Crippen LogP contribution in [0, 0.1) is 0 Å². The zero-order chi connectivity index (χ0) is 18.9. The normalized spacial score (nSPS) is 14.7. The molecule has 6 nitrogen and oxygen atoms in total. The SMILES string of the molecule is O=C(NCCCN1CCN(c2ccccc2)CC1)C(=O)NCc1ccsc1. The van der Waals surface area contributed by atoms with Crippen molar-refractivity contribution in [3.05, 3.63) is 52.7 Å². The fourth-order valence-corrected chi connectivity index (χ4v) is 3.78. The average Bonchev–Trinajstić information content (AvgIpc) is 3.24. The van der Waals surface area contributed by atoms with Crippen molar-refractivity contribution in [3.8, 4) is 0 Å². The van der Waals surface area contributed by atoms with Crippen molar-refractivity contribution in [1.82, 2.24) is 15.5 Å². The highest BCUT2D eigenvalue weighted by Crippen LogP contribution is 2.15. The first-order valence-corrected chi connectivity index (χ1v) is 10.3. The smallest absolute Gasteiger partial charge is 0.309 e. The number of carbonyl (C=O) groups is 2. The number of piperazine rings is 1. The van der Waals surface area contributed by atoms with Gasteiger partial charge in [-0.05, 0) is 47.5 Å². The predicted molar refractivity (Wildman–Crippen MR) is 109 cm³/mol. The van der Waals surface area contributed by atoms with Crippen LogP contribution in [0.5, 0.6) is 0 Å². The Labute approximate surface area is 164 Å². The van der Waals surface area contributed by atoms with Gasteiger partial charge in [-0.3, -0.25) is 14.5 Å². The van der Waals surface area contributed by atoms with Gasteiger partial charge in [-0.15, -0.1) is 0 Å². The predicted octanol–water partition coefficient (Wildman–Crippen LogP) is 1.69. The molecule has 0 unspecified atom stereocenters. The summed E-state index contributed by atoms with van der Waals surface area (Å²) in [7, 11) is 0. The fraction of sp³-hybridized carbons (Fsp3) is 0.400. The maximum atomic E-state index is 11.8. The first-order chi connectivity index (χ1) is 13.2. The van der Waals surface area contributed by atoms with Gasteiger partial charge in [0.05, 0.1) is 0 Å². The van der Waals surface area contributed by atoms with E-state index in [4.69, 9.17) is 0 Å². The number of carbonyl (C=O) groups excluding carboxylic acids is 2. The quantitative estimate of drug-likeness (QED) is 0.562. The maximum absolute atomic E-state index is 11.8. The van der Waals surface area contributed by atoms with E-state index in [9.17, 15) is 9.59 Å². The highest BCUT2D eigenvalue weighted by Gasteiger charge is 2.17. The van der Waals surface area contributed by atoms with Crippen LogP contribution in [0.1, 0.15) is 12.0 Å². The molecular weight excluding hydrogens is 360 g/mol. The Balaban J connectivity index is 1.27. The van der Waals surface area contributed by atoms with Gasteiger partial charge in [-0.25, -0.2) is 0 Å². The molecule has 1 saturated heterocycles. The van der Waals surface area contributed by atoms with Crippen LogP contribution in [-0.2, 0) is 16.1 Å². The van der Waals surface area contributed by atoms with Gasteiger partial charge >= 0.3 is 11.8 Å². The van der Waals surface area contributed by atoms with Crippen molar-refractivity contribution in [1.29, 1.82) is 0 Å². The third-order valence-corrected chi connectivity index (χ3v) is 5.40. The molecule has 0 radical (unpaired) electrons. The molecule has 0 spiro atoms. The number of thiophene rings is 1. The lowest BCUT2D eigenvalue weighted by atomic mass is 10.2. The number of para-hydroxylation sites is 1. The van der Waals surface area contributed by atoms with Crippen molar-refractivity contribution in [2.24, 2.45) is 0 Å². The van der Waals surface area contributed by atoms with Gasteiger partial charge < -0.3 is 15.5 Å². The Hall–Kier alpha value is -2.38. The monoisotopic (exact) mass is 386 g/mol. The molecule has 0 aliphatic carbocycles. The number of nitrogens with one attached hydrogen (secondary N) is 2. The Bertz CT molecular complexity index is 713. The first-order valence-electron chi connectivity index (χ1n) is 9.32. The van der Waals surface area contributed by atoms with Gasteiger partial charge in [0, 0.05) is 45.0 Å². The summed E-state index contributed by atoms with van der Waals surface area (Å²) in [5.74, 6) is -1.13. The fourth-order valence-electron chi connectivity index (χ4n) is 3.11. The summed E-state index contributed by atoms with van der Waals surface area (Å²) < 4.78 is 0. The van der Waals surface area contributed by atoms with Crippen molar-refractivity contribution in [3.63, 3.8) is 0 Å². The molecule has 0 saturated carbocycles. The molecule has 2 N–H and O–H groups in total. The molecule has 144 valence electrons. The van der Waals surface area contributed by atoms with Gasteiger partial charge in [-0.2, -0.15) is 11.3 Å². The minimum atomic E-state index is -0.572. The molecule has 1 aliphatic heterocycles. The zero-order valence-corrected chi connectivity index (χ0v) is 16.2. The summed E-state index contributed by atoms with van der Waals surface area (Å²) in [6.07, 6.45) is 0.842. The third-order valence-electron chi connectivity index (χ3n) is 4.67. The van der Waals surface area contributed by atoms with Crippen LogP contribution >= 0.6 is 11.3 Å². The van der Waals surface area contributed by atoms with Crippen LogP contribution < -0.4 is 15.5 Å². The summed E-state index contributed by atoms with van der Waals surface area (Å²) in [6, 6.07) is 12.4. The maximum Gasteiger partial charge on any atom is 0.309 e. The van der Waals surface area contributed by atoms with E-state index in [0.717, 1.165) is 44.7 Å². The summed E-state index contributed by atoms with van der Waals surface area (Å²) in [4.78, 5) is 28.4. The standard InChI is InChI=1S/C20H26N4O2S/c25-19(20(26)22-15-17-7-14-27-16-17)21-8-4-9-23-10-12-24(13-11-23)18-5-2-1-3-6-18/h1-3,5-7,14,16H,4,8-13,15H2,(H,21,25)(H,22,26). The van der Waals surface area contributed by atoms with Crippen LogP contribution in [0.25, 0.3) is 0 Å². The lowest BCUT2D eigenvalue weighted by molar-refractivity contribution is -0.139. The lowest BCUT2D eigenvalue weighted by Gasteiger charge is -2.36. The Morgan fingerprint density at radius 1 is 0.963 bits per heavy atom. The van der Waals surface area contributed by atoms with Crippen LogP contribution in [0.2, 0.25) is 0 Å². The van der Waals surface area contributed by atoms with Crippen molar-refractivity contribution >= 4 is 28.8 Å². The molecule has 27 heavy (non-hydrogen) atoms.